The largest absolute Gasteiger partial charge is 0.462 e. The van der Waals surface area contributed by atoms with Gasteiger partial charge in [0.05, 0.1) is 23.6 Å². The van der Waals surface area contributed by atoms with Gasteiger partial charge in [-0.3, -0.25) is 14.5 Å². The molecule has 1 aromatic heterocycles. The monoisotopic (exact) mass is 483 g/mol. The van der Waals surface area contributed by atoms with Gasteiger partial charge < -0.3 is 9.15 Å². The number of imide groups is 1. The molecule has 1 fully saturated rings. The highest BCUT2D eigenvalue weighted by Crippen LogP contribution is 2.34. The van der Waals surface area contributed by atoms with Crippen LogP contribution in [0.25, 0.3) is 28.2 Å². The zero-order valence-corrected chi connectivity index (χ0v) is 19.7. The van der Waals surface area contributed by atoms with Crippen LogP contribution in [0, 0.1) is 0 Å². The molecule has 0 saturated carbocycles. The Labute approximate surface area is 206 Å². The summed E-state index contributed by atoms with van der Waals surface area (Å²) >= 11 is 0.894. The van der Waals surface area contributed by atoms with Crippen LogP contribution >= 0.6 is 11.8 Å². The molecular formula is C28H21NO5S. The number of benzene rings is 3. The van der Waals surface area contributed by atoms with Crippen molar-refractivity contribution in [2.75, 3.05) is 6.61 Å². The van der Waals surface area contributed by atoms with Crippen molar-refractivity contribution in [1.29, 1.82) is 0 Å². The summed E-state index contributed by atoms with van der Waals surface area (Å²) in [4.78, 5) is 39.1. The molecule has 2 heterocycles. The number of hydrogen-bond acceptors (Lipinski definition) is 6. The first-order valence-corrected chi connectivity index (χ1v) is 11.9. The van der Waals surface area contributed by atoms with E-state index < -0.39 is 5.97 Å². The van der Waals surface area contributed by atoms with Crippen LogP contribution in [0.2, 0.25) is 0 Å². The minimum atomic E-state index is -0.402. The minimum Gasteiger partial charge on any atom is -0.462 e. The Bertz CT molecular complexity index is 1490. The van der Waals surface area contributed by atoms with Crippen LogP contribution in [0.3, 0.4) is 0 Å². The Morgan fingerprint density at radius 1 is 0.971 bits per heavy atom. The first kappa shape index (κ1) is 22.7. The second-order valence-corrected chi connectivity index (χ2v) is 8.95. The maximum atomic E-state index is 13.0. The predicted molar refractivity (Wildman–Crippen MR) is 136 cm³/mol. The molecule has 2 amide bonds. The number of carbonyl (C=O) groups is 3. The molecule has 0 radical (unpaired) electrons. The van der Waals surface area contributed by atoms with Crippen molar-refractivity contribution >= 4 is 45.7 Å². The number of esters is 1. The van der Waals surface area contributed by atoms with Crippen LogP contribution in [0.1, 0.15) is 28.6 Å². The van der Waals surface area contributed by atoms with Crippen molar-refractivity contribution in [1.82, 2.24) is 4.90 Å². The Hall–Kier alpha value is -4.10. The molecule has 0 aliphatic carbocycles. The number of fused-ring (bicyclic) bond motifs is 1. The van der Waals surface area contributed by atoms with Gasteiger partial charge in [-0.2, -0.15) is 0 Å². The molecule has 35 heavy (non-hydrogen) atoms. The van der Waals surface area contributed by atoms with E-state index in [0.29, 0.717) is 34.2 Å². The van der Waals surface area contributed by atoms with Crippen molar-refractivity contribution in [3.63, 3.8) is 0 Å². The Kier molecular flexibility index (Phi) is 6.25. The fourth-order valence-corrected chi connectivity index (χ4v) is 4.70. The van der Waals surface area contributed by atoms with E-state index in [-0.39, 0.29) is 17.7 Å². The van der Waals surface area contributed by atoms with Gasteiger partial charge >= 0.3 is 5.97 Å². The number of hydrogen-bond donors (Lipinski definition) is 0. The lowest BCUT2D eigenvalue weighted by molar-refractivity contribution is -0.123. The smallest absolute Gasteiger partial charge is 0.338 e. The van der Waals surface area contributed by atoms with Crippen LogP contribution in [-0.4, -0.2) is 28.6 Å². The average Bonchev–Trinajstić information content (AvgIpc) is 3.44. The fraction of sp³-hybridized carbons (Fsp3) is 0.107. The molecule has 1 aliphatic rings. The third kappa shape index (κ3) is 4.76. The number of carbonyl (C=O) groups excluding carboxylic acids is 3. The van der Waals surface area contributed by atoms with E-state index in [1.807, 2.05) is 48.5 Å². The Morgan fingerprint density at radius 3 is 2.63 bits per heavy atom. The van der Waals surface area contributed by atoms with E-state index in [9.17, 15) is 14.4 Å². The van der Waals surface area contributed by atoms with E-state index in [4.69, 9.17) is 9.15 Å². The summed E-state index contributed by atoms with van der Waals surface area (Å²) < 4.78 is 10.9. The molecule has 3 aromatic carbocycles. The zero-order chi connectivity index (χ0) is 24.4. The van der Waals surface area contributed by atoms with Crippen molar-refractivity contribution in [2.45, 2.75) is 13.5 Å². The van der Waals surface area contributed by atoms with Crippen LogP contribution in [0.15, 0.2) is 88.2 Å². The summed E-state index contributed by atoms with van der Waals surface area (Å²) in [5.41, 5.74) is 2.02. The normalized spacial score (nSPS) is 14.8. The quantitative estimate of drug-likeness (QED) is 0.230. The average molecular weight is 484 g/mol. The van der Waals surface area contributed by atoms with Gasteiger partial charge in [0.25, 0.3) is 11.1 Å². The number of thioether (sulfide) groups is 1. The van der Waals surface area contributed by atoms with Crippen molar-refractivity contribution in [3.8, 4) is 11.3 Å². The second kappa shape index (κ2) is 9.64. The van der Waals surface area contributed by atoms with Gasteiger partial charge in [0.1, 0.15) is 11.5 Å². The molecule has 1 aliphatic heterocycles. The molecule has 0 unspecified atom stereocenters. The third-order valence-corrected chi connectivity index (χ3v) is 6.49. The maximum absolute atomic E-state index is 13.0. The van der Waals surface area contributed by atoms with Crippen molar-refractivity contribution in [3.05, 3.63) is 101 Å². The molecule has 4 aromatic rings. The topological polar surface area (TPSA) is 76.8 Å². The summed E-state index contributed by atoms with van der Waals surface area (Å²) in [6.45, 7) is 2.25. The van der Waals surface area contributed by atoms with Crippen molar-refractivity contribution in [2.24, 2.45) is 0 Å². The second-order valence-electron chi connectivity index (χ2n) is 7.95. The number of amides is 2. The number of furan rings is 1. The lowest BCUT2D eigenvalue weighted by atomic mass is 10.1. The highest BCUT2D eigenvalue weighted by molar-refractivity contribution is 8.18. The number of rotatable bonds is 6. The molecule has 1 saturated heterocycles. The number of ether oxygens (including phenoxy) is 1. The maximum Gasteiger partial charge on any atom is 0.338 e. The van der Waals surface area contributed by atoms with Gasteiger partial charge in [-0.25, -0.2) is 4.79 Å². The van der Waals surface area contributed by atoms with E-state index in [0.717, 1.165) is 28.1 Å². The highest BCUT2D eigenvalue weighted by atomic mass is 32.2. The first-order chi connectivity index (χ1) is 17.0. The summed E-state index contributed by atoms with van der Waals surface area (Å²) in [6.07, 6.45) is 1.57. The number of nitrogens with zero attached hydrogens (tertiary/aromatic N) is 1. The highest BCUT2D eigenvalue weighted by Gasteiger charge is 2.35. The molecule has 0 N–H and O–H groups in total. The molecular weight excluding hydrogens is 462 g/mol. The zero-order valence-electron chi connectivity index (χ0n) is 18.9. The lowest BCUT2D eigenvalue weighted by Gasteiger charge is -2.13. The Balaban J connectivity index is 1.33. The van der Waals surface area contributed by atoms with Crippen LogP contribution in [-0.2, 0) is 16.1 Å². The van der Waals surface area contributed by atoms with Gasteiger partial charge in [0.2, 0.25) is 0 Å². The first-order valence-electron chi connectivity index (χ1n) is 11.1. The minimum absolute atomic E-state index is 0.205. The molecule has 7 heteroatoms. The van der Waals surface area contributed by atoms with Gasteiger partial charge in [-0.15, -0.1) is 0 Å². The van der Waals surface area contributed by atoms with Crippen LogP contribution in [0.5, 0.6) is 0 Å². The summed E-state index contributed by atoms with van der Waals surface area (Å²) in [7, 11) is 0. The molecule has 174 valence electrons. The molecule has 0 atom stereocenters. The van der Waals surface area contributed by atoms with Crippen LogP contribution in [0.4, 0.5) is 4.79 Å². The van der Waals surface area contributed by atoms with Crippen LogP contribution < -0.4 is 0 Å². The molecule has 0 bridgehead atoms. The lowest BCUT2D eigenvalue weighted by Crippen LogP contribution is -2.27. The predicted octanol–water partition coefficient (Wildman–Crippen LogP) is 6.51. The Morgan fingerprint density at radius 2 is 1.80 bits per heavy atom. The summed E-state index contributed by atoms with van der Waals surface area (Å²) in [5, 5.41) is 1.85. The van der Waals surface area contributed by atoms with Gasteiger partial charge in [0.15, 0.2) is 0 Å². The molecule has 5 rings (SSSR count). The SMILES string of the molecule is CCOC(=O)c1cccc(-c2ccc(/C=C3\SC(=O)N(Cc4ccc5ccccc5c4)C3=O)o2)c1. The standard InChI is InChI=1S/C28H21NO5S/c1-2-33-27(31)22-9-5-8-21(15-22)24-13-12-23(34-24)16-25-26(30)29(28(32)35-25)17-18-10-11-19-6-3-4-7-20(19)14-18/h3-16H,2,17H2,1H3/b25-16-. The van der Waals surface area contributed by atoms with E-state index >= 15 is 0 Å². The summed E-state index contributed by atoms with van der Waals surface area (Å²) in [6, 6.07) is 24.3. The van der Waals surface area contributed by atoms with Gasteiger partial charge in [-0.05, 0) is 65.4 Å². The van der Waals surface area contributed by atoms with E-state index in [1.165, 1.54) is 4.90 Å². The molecule has 0 spiro atoms. The van der Waals surface area contributed by atoms with E-state index in [2.05, 4.69) is 0 Å². The van der Waals surface area contributed by atoms with Crippen molar-refractivity contribution < 1.29 is 23.5 Å². The molecule has 6 nitrogen and oxygen atoms in total. The third-order valence-electron chi connectivity index (χ3n) is 5.59. The van der Waals surface area contributed by atoms with Gasteiger partial charge in [0, 0.05) is 11.6 Å². The van der Waals surface area contributed by atoms with E-state index in [1.54, 1.807) is 43.3 Å². The van der Waals surface area contributed by atoms with Gasteiger partial charge in [-0.1, -0.05) is 48.5 Å². The summed E-state index contributed by atoms with van der Waals surface area (Å²) in [5.74, 6) is 0.229. The fourth-order valence-electron chi connectivity index (χ4n) is 3.88.